The van der Waals surface area contributed by atoms with Gasteiger partial charge in [0.15, 0.2) is 5.82 Å². The predicted molar refractivity (Wildman–Crippen MR) is 85.9 cm³/mol. The third-order valence-electron chi connectivity index (χ3n) is 3.89. The van der Waals surface area contributed by atoms with Crippen molar-refractivity contribution in [1.29, 1.82) is 0 Å². The number of rotatable bonds is 4. The lowest BCUT2D eigenvalue weighted by atomic mass is 10.1. The van der Waals surface area contributed by atoms with Crippen molar-refractivity contribution in [2.45, 2.75) is 18.9 Å². The van der Waals surface area contributed by atoms with E-state index in [1.165, 1.54) is 24.3 Å². The first-order valence-electron chi connectivity index (χ1n) is 7.66. The van der Waals surface area contributed by atoms with Crippen LogP contribution in [0.5, 0.6) is 0 Å². The van der Waals surface area contributed by atoms with Gasteiger partial charge in [-0.15, -0.1) is 5.10 Å². The molecule has 0 aliphatic heterocycles. The standard InChI is InChI=1S/C17H14FN5O/c18-13-5-1-12(2-6-13)17(24)19-14-7-3-11(4-8-14)16-20-21-22-23(16)15-9-10-15/h1-8,15H,9-10H2,(H,19,24). The number of aromatic nitrogens is 4. The fourth-order valence-electron chi connectivity index (χ4n) is 2.46. The van der Waals surface area contributed by atoms with Gasteiger partial charge in [0.1, 0.15) is 5.82 Å². The summed E-state index contributed by atoms with van der Waals surface area (Å²) in [5.41, 5.74) is 1.95. The number of halogens is 1. The highest BCUT2D eigenvalue weighted by Gasteiger charge is 2.28. The lowest BCUT2D eigenvalue weighted by Gasteiger charge is -2.07. The molecule has 0 bridgehead atoms. The zero-order valence-corrected chi connectivity index (χ0v) is 12.7. The Morgan fingerprint density at radius 3 is 2.46 bits per heavy atom. The molecule has 1 fully saturated rings. The molecule has 0 spiro atoms. The summed E-state index contributed by atoms with van der Waals surface area (Å²) < 4.78 is 14.7. The molecule has 1 amide bonds. The molecule has 1 aromatic heterocycles. The largest absolute Gasteiger partial charge is 0.322 e. The minimum absolute atomic E-state index is 0.287. The number of hydrogen-bond acceptors (Lipinski definition) is 4. The Hall–Kier alpha value is -3.09. The first-order valence-corrected chi connectivity index (χ1v) is 7.66. The molecular formula is C17H14FN5O. The van der Waals surface area contributed by atoms with Crippen molar-refractivity contribution in [3.8, 4) is 11.4 Å². The SMILES string of the molecule is O=C(Nc1ccc(-c2nnnn2C2CC2)cc1)c1ccc(F)cc1. The molecule has 120 valence electrons. The van der Waals surface area contributed by atoms with E-state index in [1.54, 1.807) is 12.1 Å². The quantitative estimate of drug-likeness (QED) is 0.801. The molecule has 1 aliphatic rings. The highest BCUT2D eigenvalue weighted by Crippen LogP contribution is 2.36. The molecule has 2 aromatic carbocycles. The summed E-state index contributed by atoms with van der Waals surface area (Å²) in [5, 5.41) is 14.6. The first kappa shape index (κ1) is 14.5. The smallest absolute Gasteiger partial charge is 0.255 e. The Bertz CT molecular complexity index is 869. The molecule has 0 radical (unpaired) electrons. The van der Waals surface area contributed by atoms with Crippen molar-refractivity contribution in [3.63, 3.8) is 0 Å². The van der Waals surface area contributed by atoms with Gasteiger partial charge in [-0.3, -0.25) is 4.79 Å². The van der Waals surface area contributed by atoms with Crippen LogP contribution in [0.25, 0.3) is 11.4 Å². The molecule has 1 N–H and O–H groups in total. The van der Waals surface area contributed by atoms with Gasteiger partial charge in [-0.2, -0.15) is 0 Å². The fraction of sp³-hybridized carbons (Fsp3) is 0.176. The van der Waals surface area contributed by atoms with Gasteiger partial charge in [0.05, 0.1) is 6.04 Å². The van der Waals surface area contributed by atoms with Gasteiger partial charge < -0.3 is 5.32 Å². The van der Waals surface area contributed by atoms with Gasteiger partial charge in [0, 0.05) is 16.8 Å². The van der Waals surface area contributed by atoms with E-state index < -0.39 is 0 Å². The van der Waals surface area contributed by atoms with Crippen LogP contribution in [0.2, 0.25) is 0 Å². The van der Waals surface area contributed by atoms with Crippen LogP contribution in [0.4, 0.5) is 10.1 Å². The van der Waals surface area contributed by atoms with Crippen molar-refractivity contribution in [1.82, 2.24) is 20.2 Å². The second-order valence-corrected chi connectivity index (χ2v) is 5.72. The second-order valence-electron chi connectivity index (χ2n) is 5.72. The third kappa shape index (κ3) is 2.88. The summed E-state index contributed by atoms with van der Waals surface area (Å²) in [4.78, 5) is 12.1. The molecule has 6 nitrogen and oxygen atoms in total. The summed E-state index contributed by atoms with van der Waals surface area (Å²) in [7, 11) is 0. The van der Waals surface area contributed by atoms with E-state index in [2.05, 4.69) is 20.8 Å². The highest BCUT2D eigenvalue weighted by molar-refractivity contribution is 6.04. The molecule has 1 aliphatic carbocycles. The molecule has 1 heterocycles. The second kappa shape index (κ2) is 5.84. The molecule has 0 unspecified atom stereocenters. The minimum atomic E-state index is -0.371. The molecule has 4 rings (SSSR count). The molecule has 7 heteroatoms. The summed E-state index contributed by atoms with van der Waals surface area (Å²) in [6.07, 6.45) is 2.20. The normalized spacial score (nSPS) is 13.7. The van der Waals surface area contributed by atoms with E-state index in [4.69, 9.17) is 0 Å². The molecular weight excluding hydrogens is 309 g/mol. The van der Waals surface area contributed by atoms with Crippen molar-refractivity contribution in [2.75, 3.05) is 5.32 Å². The maximum absolute atomic E-state index is 12.9. The van der Waals surface area contributed by atoms with Crippen molar-refractivity contribution in [3.05, 3.63) is 59.9 Å². The van der Waals surface area contributed by atoms with E-state index in [0.29, 0.717) is 17.3 Å². The molecule has 1 saturated carbocycles. The van der Waals surface area contributed by atoms with Crippen LogP contribution >= 0.6 is 0 Å². The van der Waals surface area contributed by atoms with E-state index in [1.807, 2.05) is 16.8 Å². The summed E-state index contributed by atoms with van der Waals surface area (Å²) in [6.45, 7) is 0. The molecule has 0 saturated heterocycles. The molecule has 3 aromatic rings. The van der Waals surface area contributed by atoms with Crippen LogP contribution < -0.4 is 5.32 Å². The number of hydrogen-bond donors (Lipinski definition) is 1. The van der Waals surface area contributed by atoms with Crippen molar-refractivity contribution in [2.24, 2.45) is 0 Å². The number of nitrogens with zero attached hydrogens (tertiary/aromatic N) is 4. The van der Waals surface area contributed by atoms with E-state index in [0.717, 1.165) is 24.2 Å². The van der Waals surface area contributed by atoms with Crippen LogP contribution in [0.1, 0.15) is 29.2 Å². The van der Waals surface area contributed by atoms with Crippen LogP contribution in [0, 0.1) is 5.82 Å². The molecule has 0 atom stereocenters. The first-order chi connectivity index (χ1) is 11.7. The monoisotopic (exact) mass is 323 g/mol. The maximum Gasteiger partial charge on any atom is 0.255 e. The summed E-state index contributed by atoms with van der Waals surface area (Å²) >= 11 is 0. The number of amides is 1. The number of benzene rings is 2. The average Bonchev–Trinajstić information content (AvgIpc) is 3.33. The topological polar surface area (TPSA) is 72.7 Å². The van der Waals surface area contributed by atoms with Crippen LogP contribution in [0.15, 0.2) is 48.5 Å². The summed E-state index contributed by atoms with van der Waals surface area (Å²) in [5.74, 6) is 0.0729. The van der Waals surface area contributed by atoms with E-state index >= 15 is 0 Å². The van der Waals surface area contributed by atoms with Crippen molar-refractivity contribution >= 4 is 11.6 Å². The van der Waals surface area contributed by atoms with Gasteiger partial charge >= 0.3 is 0 Å². The van der Waals surface area contributed by atoms with Gasteiger partial charge in [-0.05, 0) is 71.8 Å². The maximum atomic E-state index is 12.9. The number of tetrazole rings is 1. The Labute approximate surface area is 137 Å². The van der Waals surface area contributed by atoms with Gasteiger partial charge in [-0.1, -0.05) is 0 Å². The average molecular weight is 323 g/mol. The van der Waals surface area contributed by atoms with Crippen LogP contribution in [-0.2, 0) is 0 Å². The van der Waals surface area contributed by atoms with Gasteiger partial charge in [0.2, 0.25) is 0 Å². The Kier molecular flexibility index (Phi) is 3.53. The number of nitrogens with one attached hydrogen (secondary N) is 1. The Morgan fingerprint density at radius 1 is 1.08 bits per heavy atom. The lowest BCUT2D eigenvalue weighted by molar-refractivity contribution is 0.102. The van der Waals surface area contributed by atoms with Crippen LogP contribution in [0.3, 0.4) is 0 Å². The Morgan fingerprint density at radius 2 is 1.79 bits per heavy atom. The van der Waals surface area contributed by atoms with Crippen molar-refractivity contribution < 1.29 is 9.18 Å². The third-order valence-corrected chi connectivity index (χ3v) is 3.89. The van der Waals surface area contributed by atoms with Crippen LogP contribution in [-0.4, -0.2) is 26.1 Å². The highest BCUT2D eigenvalue weighted by atomic mass is 19.1. The van der Waals surface area contributed by atoms with E-state index in [-0.39, 0.29) is 11.7 Å². The number of anilines is 1. The van der Waals surface area contributed by atoms with E-state index in [9.17, 15) is 9.18 Å². The lowest BCUT2D eigenvalue weighted by Crippen LogP contribution is -2.11. The predicted octanol–water partition coefficient (Wildman–Crippen LogP) is 3.07. The molecule has 24 heavy (non-hydrogen) atoms. The van der Waals surface area contributed by atoms with Gasteiger partial charge in [-0.25, -0.2) is 9.07 Å². The summed E-state index contributed by atoms with van der Waals surface area (Å²) in [6, 6.07) is 13.1. The number of carbonyl (C=O) groups is 1. The Balaban J connectivity index is 1.50. The van der Waals surface area contributed by atoms with Gasteiger partial charge in [0.25, 0.3) is 5.91 Å². The zero-order chi connectivity index (χ0) is 16.5. The zero-order valence-electron chi connectivity index (χ0n) is 12.7. The number of carbonyl (C=O) groups excluding carboxylic acids is 1. The fourth-order valence-corrected chi connectivity index (χ4v) is 2.46. The minimum Gasteiger partial charge on any atom is -0.322 e.